The van der Waals surface area contributed by atoms with Crippen LogP contribution in [0.5, 0.6) is 34.5 Å². The number of rotatable bonds is 14. The zero-order valence-electron chi connectivity index (χ0n) is 53.5. The maximum Gasteiger partial charge on any atom is 0.344 e. The molecule has 0 spiro atoms. The van der Waals surface area contributed by atoms with Crippen LogP contribution >= 0.6 is 81.2 Å². The van der Waals surface area contributed by atoms with Crippen molar-refractivity contribution in [3.8, 4) is 34.5 Å². The van der Waals surface area contributed by atoms with Crippen LogP contribution in [-0.2, 0) is 37.5 Å². The molecule has 3 aliphatic heterocycles. The number of nitrogens with zero attached hydrogens (tertiary/aromatic N) is 6. The van der Waals surface area contributed by atoms with Crippen LogP contribution in [0.25, 0.3) is 0 Å². The van der Waals surface area contributed by atoms with Crippen LogP contribution in [0.3, 0.4) is 0 Å². The van der Waals surface area contributed by atoms with Crippen molar-refractivity contribution in [2.24, 2.45) is 5.73 Å². The predicted octanol–water partition coefficient (Wildman–Crippen LogP) is 14.0. The lowest BCUT2D eigenvalue weighted by Gasteiger charge is -2.18. The molecule has 2 amide bonds. The summed E-state index contributed by atoms with van der Waals surface area (Å²) in [6, 6.07) is 30.9. The highest BCUT2D eigenvalue weighted by Crippen LogP contribution is 2.40. The van der Waals surface area contributed by atoms with E-state index in [0.717, 1.165) is 34.3 Å². The molecule has 9 aromatic rings. The topological polar surface area (TPSA) is 348 Å². The number of halogens is 11. The molecular weight excluding hydrogens is 1480 g/mol. The van der Waals surface area contributed by atoms with E-state index in [0.29, 0.717) is 52.3 Å². The Morgan fingerprint density at radius 2 is 0.960 bits per heavy atom. The molecule has 11 N–H and O–H groups in total. The van der Waals surface area contributed by atoms with Crippen molar-refractivity contribution < 1.29 is 80.1 Å². The number of amides is 2. The van der Waals surface area contributed by atoms with Gasteiger partial charge in [-0.3, -0.25) is 9.59 Å². The minimum absolute atomic E-state index is 0.0583. The molecular formula is C66H58Cl7F4N11O13. The number of esters is 1. The zero-order chi connectivity index (χ0) is 74.3. The molecule has 35 heteroatoms. The normalized spacial score (nSPS) is 12.7. The van der Waals surface area contributed by atoms with Crippen molar-refractivity contribution >= 4 is 134 Å². The highest BCUT2D eigenvalue weighted by atomic mass is 35.5. The van der Waals surface area contributed by atoms with Gasteiger partial charge in [-0.05, 0) is 72.8 Å². The summed E-state index contributed by atoms with van der Waals surface area (Å²) in [5.74, 6) is -2.39. The molecule has 0 aliphatic carbocycles. The number of nitrogens with two attached hydrogens (primary N) is 4. The van der Waals surface area contributed by atoms with E-state index in [9.17, 15) is 32.3 Å². The minimum Gasteiger partial charge on any atom is -0.497 e. The van der Waals surface area contributed by atoms with Crippen LogP contribution in [0.2, 0.25) is 36.1 Å². The summed E-state index contributed by atoms with van der Waals surface area (Å²) in [4.78, 5) is 64.2. The van der Waals surface area contributed by atoms with Crippen LogP contribution in [0.1, 0.15) is 81.1 Å². The fourth-order valence-electron chi connectivity index (χ4n) is 9.51. The van der Waals surface area contributed by atoms with Gasteiger partial charge in [-0.2, -0.15) is 0 Å². The molecule has 0 saturated carbocycles. The van der Waals surface area contributed by atoms with Gasteiger partial charge in [-0.1, -0.05) is 99.4 Å². The molecule has 3 aliphatic rings. The Bertz CT molecular complexity index is 4580. The first kappa shape index (κ1) is 78.6. The lowest BCUT2D eigenvalue weighted by Crippen LogP contribution is -2.23. The largest absolute Gasteiger partial charge is 0.497 e. The predicted molar refractivity (Wildman–Crippen MR) is 372 cm³/mol. The molecule has 0 saturated heterocycles. The number of aromatic nitrogens is 4. The van der Waals surface area contributed by atoms with E-state index in [2.05, 4.69) is 30.0 Å². The van der Waals surface area contributed by atoms with Crippen molar-refractivity contribution in [2.75, 3.05) is 65.2 Å². The number of cyclic esters (lactones) is 1. The third kappa shape index (κ3) is 19.2. The van der Waals surface area contributed by atoms with Gasteiger partial charge in [-0.15, -0.1) is 0 Å². The van der Waals surface area contributed by atoms with E-state index in [1.165, 1.54) is 24.0 Å². The number of pyridine rings is 4. The fraction of sp³-hybridized carbons (Fsp3) is 0.182. The first-order chi connectivity index (χ1) is 48.0. The Morgan fingerprint density at radius 1 is 0.535 bits per heavy atom. The van der Waals surface area contributed by atoms with Crippen LogP contribution in [0, 0.1) is 23.3 Å². The van der Waals surface area contributed by atoms with Gasteiger partial charge in [0.15, 0.2) is 44.5 Å². The number of aliphatic hydroxyl groups is 1. The monoisotopic (exact) mass is 1530 g/mol. The quantitative estimate of drug-likeness (QED) is 0.0230. The lowest BCUT2D eigenvalue weighted by molar-refractivity contribution is -0.0562. The summed E-state index contributed by atoms with van der Waals surface area (Å²) in [5, 5.41) is 18.4. The number of methoxy groups -OCH3 is 6. The van der Waals surface area contributed by atoms with E-state index in [1.54, 1.807) is 107 Å². The molecule has 0 bridgehead atoms. The summed E-state index contributed by atoms with van der Waals surface area (Å²) in [5.41, 5.74) is 26.5. The maximum atomic E-state index is 15.2. The van der Waals surface area contributed by atoms with E-state index in [-0.39, 0.29) is 97.1 Å². The fourth-order valence-corrected chi connectivity index (χ4v) is 11.2. The van der Waals surface area contributed by atoms with Gasteiger partial charge in [0, 0.05) is 88.4 Å². The standard InChI is InChI=1S/C22H20ClFN4O3.C16H13Cl2FN2O3.C9H13NO2.C7H2Cl2FNO3.C6H2Cl2FNO2.C6H8N2/c1-30-15-7-6-12(17(9-15)31-2)10-28-11-16-18(22(28)29)20(23)27-21(19(16)24)26-14-5-3-4-13(25)8-14;1-23-9-4-3-8(11(5-9)24-2)6-21-7-10-12(16(21)22)14(17)20-15(18)13(10)19;1-11-8-4-3-7(6-10)9(5-8)12-2;8-4-2-1(3(10)5(9)11-4)6(12)14-7(2)13;7-4-2(6(11)12)1-3(9)5(8)10-4;7-5-2-1-3-6(8)4-5/h3-9H,10-11,25H2,1-2H3,(H,26,27);3-5H,6-7H2,1-2H3;3-5H,6,10H2,1-2H3;6,12H;1H,(H,11,12);1-4H,7-8H2. The average molecular weight is 1540 g/mol. The first-order valence-electron chi connectivity index (χ1n) is 28.8. The summed E-state index contributed by atoms with van der Waals surface area (Å²) < 4.78 is 90.8. The van der Waals surface area contributed by atoms with Crippen molar-refractivity contribution in [3.63, 3.8) is 0 Å². The number of fused-ring (bicyclic) bond motifs is 3. The number of benzene rings is 5. The second-order valence-corrected chi connectivity index (χ2v) is 23.2. The summed E-state index contributed by atoms with van der Waals surface area (Å²) in [7, 11) is 9.41. The molecule has 7 heterocycles. The minimum atomic E-state index is -1.67. The van der Waals surface area contributed by atoms with E-state index in [1.807, 2.05) is 24.3 Å². The summed E-state index contributed by atoms with van der Waals surface area (Å²) in [6.45, 7) is 1.05. The molecule has 101 heavy (non-hydrogen) atoms. The number of anilines is 5. The van der Waals surface area contributed by atoms with Crippen molar-refractivity contribution in [1.29, 1.82) is 0 Å². The number of ether oxygens (including phenoxy) is 7. The summed E-state index contributed by atoms with van der Waals surface area (Å²) >= 11 is 39.4. The van der Waals surface area contributed by atoms with E-state index < -0.39 is 63.3 Å². The number of carboxylic acid groups (broad SMARTS) is 1. The molecule has 4 aromatic heterocycles. The highest BCUT2D eigenvalue weighted by Gasteiger charge is 2.39. The Balaban J connectivity index is 0.000000181. The highest BCUT2D eigenvalue weighted by molar-refractivity contribution is 6.36. The molecule has 12 rings (SSSR count). The lowest BCUT2D eigenvalue weighted by atomic mass is 10.1. The number of carbonyl (C=O) groups excluding carboxylic acids is 3. The second-order valence-electron chi connectivity index (χ2n) is 20.7. The number of aliphatic hydroxyl groups excluding tert-OH is 1. The number of hydrogen-bond acceptors (Lipinski definition) is 21. The SMILES string of the molecule is COc1ccc(CN)c(OC)c1.COc1ccc(CN2Cc3c(F)c(Cl)nc(Cl)c3C2=O)c(OC)c1.COc1ccc(CN2Cc3c(F)c(Nc4cccc(N)c4)nc(Cl)c3C2=O)c(OC)c1.Nc1cccc(N)c1.O=C(O)c1cc(F)c(Cl)nc1Cl.O=C1OC(O)c2c(F)c(Cl)nc(Cl)c21. The van der Waals surface area contributed by atoms with Crippen molar-refractivity contribution in [2.45, 2.75) is 39.0 Å². The molecule has 24 nitrogen and oxygen atoms in total. The van der Waals surface area contributed by atoms with Crippen molar-refractivity contribution in [1.82, 2.24) is 29.7 Å². The number of nitrogen functional groups attached to an aromatic ring is 3. The zero-order valence-corrected chi connectivity index (χ0v) is 58.8. The third-order valence-corrected chi connectivity index (χ3v) is 16.3. The molecule has 532 valence electrons. The Labute approximate surface area is 608 Å². The molecule has 0 radical (unpaired) electrons. The molecule has 1 unspecified atom stereocenters. The molecule has 0 fully saturated rings. The Kier molecular flexibility index (Phi) is 27.6. The maximum absolute atomic E-state index is 15.2. The average Bonchev–Trinajstić information content (AvgIpc) is 1.63. The third-order valence-electron chi connectivity index (χ3n) is 14.4. The van der Waals surface area contributed by atoms with Crippen LogP contribution < -0.4 is 56.7 Å². The van der Waals surface area contributed by atoms with Gasteiger partial charge in [0.05, 0.1) is 78.0 Å². The number of hydrogen-bond donors (Lipinski definition) is 7. The molecule has 1 atom stereocenters. The van der Waals surface area contributed by atoms with Gasteiger partial charge < -0.3 is 81.4 Å². The Hall–Kier alpha value is -9.75. The number of carbonyl (C=O) groups is 4. The van der Waals surface area contributed by atoms with Gasteiger partial charge in [0.25, 0.3) is 11.8 Å². The summed E-state index contributed by atoms with van der Waals surface area (Å²) in [6.07, 6.45) is -1.67. The van der Waals surface area contributed by atoms with Crippen molar-refractivity contribution in [3.05, 3.63) is 224 Å². The first-order valence-corrected chi connectivity index (χ1v) is 31.4. The van der Waals surface area contributed by atoms with E-state index in [4.69, 9.17) is 143 Å². The Morgan fingerprint density at radius 3 is 1.41 bits per heavy atom. The van der Waals surface area contributed by atoms with Crippen LogP contribution in [-0.4, -0.2) is 106 Å². The smallest absolute Gasteiger partial charge is 0.344 e. The number of aromatic carboxylic acids is 1. The van der Waals surface area contributed by atoms with Gasteiger partial charge in [0.1, 0.15) is 60.7 Å². The number of carboxylic acids is 1. The molecule has 5 aromatic carbocycles. The van der Waals surface area contributed by atoms with Crippen LogP contribution in [0.15, 0.2) is 109 Å². The van der Waals surface area contributed by atoms with Crippen LogP contribution in [0.4, 0.5) is 46.1 Å². The van der Waals surface area contributed by atoms with Gasteiger partial charge >= 0.3 is 11.9 Å². The van der Waals surface area contributed by atoms with Gasteiger partial charge in [0.2, 0.25) is 6.29 Å². The van der Waals surface area contributed by atoms with Gasteiger partial charge in [-0.25, -0.2) is 47.1 Å². The second kappa shape index (κ2) is 35.5. The van der Waals surface area contributed by atoms with E-state index >= 15 is 4.39 Å². The number of nitrogens with one attached hydrogen (secondary N) is 1.